The van der Waals surface area contributed by atoms with Gasteiger partial charge in [0, 0.05) is 11.6 Å². The van der Waals surface area contributed by atoms with Crippen molar-refractivity contribution in [1.29, 1.82) is 0 Å². The molecule has 2 rings (SSSR count). The van der Waals surface area contributed by atoms with E-state index < -0.39 is 11.8 Å². The van der Waals surface area contributed by atoms with E-state index in [0.717, 1.165) is 5.56 Å². The van der Waals surface area contributed by atoms with Crippen LogP contribution in [0.15, 0.2) is 41.5 Å². The van der Waals surface area contributed by atoms with Crippen LogP contribution in [0, 0.1) is 6.92 Å². The van der Waals surface area contributed by atoms with Crippen LogP contribution >= 0.6 is 0 Å². The Morgan fingerprint density at radius 1 is 0.926 bits per heavy atom. The normalized spacial score (nSPS) is 10.4. The van der Waals surface area contributed by atoms with Gasteiger partial charge in [-0.3, -0.25) is 9.59 Å². The molecule has 0 bridgehead atoms. The molecule has 2 N–H and O–H groups in total. The molecule has 142 valence electrons. The lowest BCUT2D eigenvalue weighted by Crippen LogP contribution is -2.32. The van der Waals surface area contributed by atoms with E-state index in [0.29, 0.717) is 28.5 Å². The largest absolute Gasteiger partial charge is 0.497 e. The van der Waals surface area contributed by atoms with E-state index in [1.807, 2.05) is 13.0 Å². The number of rotatable bonds is 6. The first kappa shape index (κ1) is 19.8. The van der Waals surface area contributed by atoms with Crippen molar-refractivity contribution in [2.75, 3.05) is 26.6 Å². The number of ether oxygens (including phenoxy) is 3. The maximum absolute atomic E-state index is 12.0. The van der Waals surface area contributed by atoms with Crippen LogP contribution in [0.25, 0.3) is 0 Å². The summed E-state index contributed by atoms with van der Waals surface area (Å²) >= 11 is 0. The van der Waals surface area contributed by atoms with Gasteiger partial charge in [0.05, 0.1) is 33.2 Å². The molecule has 0 aliphatic heterocycles. The molecule has 0 aliphatic carbocycles. The lowest BCUT2D eigenvalue weighted by Gasteiger charge is -2.10. The first-order valence-electron chi connectivity index (χ1n) is 7.99. The number of carbonyl (C=O) groups is 2. The number of methoxy groups -OCH3 is 3. The molecule has 27 heavy (non-hydrogen) atoms. The number of hydrogen-bond acceptors (Lipinski definition) is 6. The fourth-order valence-electron chi connectivity index (χ4n) is 2.23. The van der Waals surface area contributed by atoms with E-state index in [9.17, 15) is 9.59 Å². The van der Waals surface area contributed by atoms with E-state index in [1.54, 1.807) is 37.4 Å². The molecule has 0 saturated carbocycles. The molecular weight excluding hydrogens is 350 g/mol. The van der Waals surface area contributed by atoms with Gasteiger partial charge in [-0.1, -0.05) is 6.07 Å². The van der Waals surface area contributed by atoms with Gasteiger partial charge in [0.15, 0.2) is 0 Å². The zero-order chi connectivity index (χ0) is 19.8. The minimum atomic E-state index is -0.915. The highest BCUT2D eigenvalue weighted by Gasteiger charge is 2.15. The third-order valence-corrected chi connectivity index (χ3v) is 3.62. The van der Waals surface area contributed by atoms with Gasteiger partial charge in [-0.15, -0.1) is 0 Å². The summed E-state index contributed by atoms with van der Waals surface area (Å²) in [6, 6.07) is 10.4. The predicted octanol–water partition coefficient (Wildman–Crippen LogP) is 2.11. The van der Waals surface area contributed by atoms with Gasteiger partial charge in [-0.05, 0) is 36.8 Å². The molecule has 0 saturated heterocycles. The van der Waals surface area contributed by atoms with Gasteiger partial charge in [-0.25, -0.2) is 5.43 Å². The summed E-state index contributed by atoms with van der Waals surface area (Å²) in [5.41, 5.74) is 4.10. The SMILES string of the molecule is COc1ccc(/C=N\NC(=O)C(=O)Nc2cc(C)ccc2OC)c(OC)c1. The fourth-order valence-corrected chi connectivity index (χ4v) is 2.23. The molecule has 2 aromatic carbocycles. The number of anilines is 1. The van der Waals surface area contributed by atoms with Crippen LogP contribution in [0.3, 0.4) is 0 Å². The standard InChI is InChI=1S/C19H21N3O5/c1-12-5-8-16(26-3)15(9-12)21-18(23)19(24)22-20-11-13-6-7-14(25-2)10-17(13)27-4/h5-11H,1-4H3,(H,21,23)(H,22,24)/b20-11-. The summed E-state index contributed by atoms with van der Waals surface area (Å²) in [5, 5.41) is 6.29. The summed E-state index contributed by atoms with van der Waals surface area (Å²) in [7, 11) is 4.53. The molecule has 2 amide bonds. The second-order valence-corrected chi connectivity index (χ2v) is 5.46. The summed E-state index contributed by atoms with van der Waals surface area (Å²) in [5.74, 6) is -0.186. The zero-order valence-corrected chi connectivity index (χ0v) is 15.5. The average molecular weight is 371 g/mol. The topological polar surface area (TPSA) is 98.2 Å². The monoisotopic (exact) mass is 371 g/mol. The summed E-state index contributed by atoms with van der Waals surface area (Å²) in [6.45, 7) is 1.86. The van der Waals surface area contributed by atoms with E-state index in [1.165, 1.54) is 20.4 Å². The number of hydrazone groups is 1. The van der Waals surface area contributed by atoms with Crippen LogP contribution in [0.2, 0.25) is 0 Å². The lowest BCUT2D eigenvalue weighted by molar-refractivity contribution is -0.136. The summed E-state index contributed by atoms with van der Waals surface area (Å²) < 4.78 is 15.5. The van der Waals surface area contributed by atoms with E-state index >= 15 is 0 Å². The smallest absolute Gasteiger partial charge is 0.329 e. The third kappa shape index (κ3) is 5.21. The number of nitrogens with one attached hydrogen (secondary N) is 2. The van der Waals surface area contributed by atoms with Gasteiger partial charge in [0.2, 0.25) is 0 Å². The number of carbonyl (C=O) groups excluding carboxylic acids is 2. The Hall–Kier alpha value is -3.55. The molecule has 0 aliphatic rings. The third-order valence-electron chi connectivity index (χ3n) is 3.62. The minimum Gasteiger partial charge on any atom is -0.497 e. The van der Waals surface area contributed by atoms with Crippen LogP contribution in [0.4, 0.5) is 5.69 Å². The van der Waals surface area contributed by atoms with Gasteiger partial charge in [0.1, 0.15) is 17.2 Å². The van der Waals surface area contributed by atoms with Crippen molar-refractivity contribution < 1.29 is 23.8 Å². The number of aryl methyl sites for hydroxylation is 1. The maximum atomic E-state index is 12.0. The zero-order valence-electron chi connectivity index (χ0n) is 15.5. The van der Waals surface area contributed by atoms with Gasteiger partial charge < -0.3 is 19.5 Å². The Balaban J connectivity index is 2.02. The highest BCUT2D eigenvalue weighted by Crippen LogP contribution is 2.25. The van der Waals surface area contributed by atoms with E-state index in [4.69, 9.17) is 14.2 Å². The molecule has 0 heterocycles. The van der Waals surface area contributed by atoms with Crippen LogP contribution in [0.5, 0.6) is 17.2 Å². The lowest BCUT2D eigenvalue weighted by atomic mass is 10.2. The van der Waals surface area contributed by atoms with E-state index in [2.05, 4.69) is 15.8 Å². The van der Waals surface area contributed by atoms with E-state index in [-0.39, 0.29) is 0 Å². The van der Waals surface area contributed by atoms with Crippen molar-refractivity contribution in [3.05, 3.63) is 47.5 Å². The van der Waals surface area contributed by atoms with Crippen molar-refractivity contribution in [2.24, 2.45) is 5.10 Å². The van der Waals surface area contributed by atoms with Crippen molar-refractivity contribution in [3.63, 3.8) is 0 Å². The predicted molar refractivity (Wildman–Crippen MR) is 102 cm³/mol. The Morgan fingerprint density at radius 2 is 1.67 bits per heavy atom. The molecule has 0 spiro atoms. The Kier molecular flexibility index (Phi) is 6.76. The van der Waals surface area contributed by atoms with Gasteiger partial charge in [0.25, 0.3) is 0 Å². The Morgan fingerprint density at radius 3 is 2.33 bits per heavy atom. The average Bonchev–Trinajstić information content (AvgIpc) is 2.68. The van der Waals surface area contributed by atoms with Crippen molar-refractivity contribution >= 4 is 23.7 Å². The highest BCUT2D eigenvalue weighted by molar-refractivity contribution is 6.39. The fraction of sp³-hybridized carbons (Fsp3) is 0.211. The number of benzene rings is 2. The van der Waals surface area contributed by atoms with Gasteiger partial charge in [-0.2, -0.15) is 5.10 Å². The van der Waals surface area contributed by atoms with Crippen LogP contribution in [0.1, 0.15) is 11.1 Å². The van der Waals surface area contributed by atoms with Crippen molar-refractivity contribution in [3.8, 4) is 17.2 Å². The summed E-state index contributed by atoms with van der Waals surface area (Å²) in [6.07, 6.45) is 1.37. The van der Waals surface area contributed by atoms with Crippen LogP contribution < -0.4 is 25.0 Å². The molecule has 2 aromatic rings. The molecule has 0 atom stereocenters. The highest BCUT2D eigenvalue weighted by atomic mass is 16.5. The summed E-state index contributed by atoms with van der Waals surface area (Å²) in [4.78, 5) is 24.0. The van der Waals surface area contributed by atoms with Crippen molar-refractivity contribution in [1.82, 2.24) is 5.43 Å². The molecule has 8 nitrogen and oxygen atoms in total. The number of hydrogen-bond donors (Lipinski definition) is 2. The molecular formula is C19H21N3O5. The molecule has 0 radical (unpaired) electrons. The molecule has 0 fully saturated rings. The quantitative estimate of drug-likeness (QED) is 0.460. The second kappa shape index (κ2) is 9.23. The first-order chi connectivity index (χ1) is 13.0. The van der Waals surface area contributed by atoms with Gasteiger partial charge >= 0.3 is 11.8 Å². The molecule has 8 heteroatoms. The number of nitrogens with zero attached hydrogens (tertiary/aromatic N) is 1. The second-order valence-electron chi connectivity index (χ2n) is 5.46. The Bertz CT molecular complexity index is 864. The van der Waals surface area contributed by atoms with Crippen LogP contribution in [-0.2, 0) is 9.59 Å². The minimum absolute atomic E-state index is 0.401. The van der Waals surface area contributed by atoms with Crippen molar-refractivity contribution in [2.45, 2.75) is 6.92 Å². The maximum Gasteiger partial charge on any atom is 0.329 e. The first-order valence-corrected chi connectivity index (χ1v) is 7.99. The molecule has 0 unspecified atom stereocenters. The Labute approximate surface area is 157 Å². The number of amides is 2. The van der Waals surface area contributed by atoms with Crippen LogP contribution in [-0.4, -0.2) is 39.4 Å². The molecule has 0 aromatic heterocycles.